The van der Waals surface area contributed by atoms with Gasteiger partial charge in [-0.1, -0.05) is 18.6 Å². The number of nitrogen functional groups attached to an aromatic ring is 1. The van der Waals surface area contributed by atoms with E-state index in [0.29, 0.717) is 5.82 Å². The third kappa shape index (κ3) is 2.44. The van der Waals surface area contributed by atoms with Gasteiger partial charge in [-0.25, -0.2) is 4.68 Å². The number of anilines is 1. The maximum atomic E-state index is 5.79. The summed E-state index contributed by atoms with van der Waals surface area (Å²) in [6.45, 7) is 2.87. The Morgan fingerprint density at radius 3 is 3.00 bits per heavy atom. The minimum Gasteiger partial charge on any atom is -0.381 e. The van der Waals surface area contributed by atoms with Crippen molar-refractivity contribution in [2.75, 3.05) is 5.73 Å². The summed E-state index contributed by atoms with van der Waals surface area (Å²) in [6, 6.07) is 2.10. The summed E-state index contributed by atoms with van der Waals surface area (Å²) in [4.78, 5) is 1.24. The number of hydrogen-bond acceptors (Lipinski definition) is 4. The van der Waals surface area contributed by atoms with E-state index in [0.717, 1.165) is 29.6 Å². The van der Waals surface area contributed by atoms with Crippen LogP contribution in [0.4, 0.5) is 5.82 Å². The van der Waals surface area contributed by atoms with Crippen LogP contribution in [0.5, 0.6) is 0 Å². The van der Waals surface area contributed by atoms with Crippen molar-refractivity contribution in [3.63, 3.8) is 0 Å². The molecular weight excluding hydrogens is 288 g/mol. The number of halogens is 1. The highest BCUT2D eigenvalue weighted by atomic mass is 79.9. The molecule has 0 aliphatic carbocycles. The molecule has 0 aliphatic rings. The fourth-order valence-electron chi connectivity index (χ4n) is 1.55. The average molecular weight is 301 g/mol. The Balaban J connectivity index is 2.20. The number of hydrogen-bond donors (Lipinski definition) is 1. The second kappa shape index (κ2) is 4.97. The Labute approximate surface area is 107 Å². The van der Waals surface area contributed by atoms with E-state index in [9.17, 15) is 0 Å². The highest BCUT2D eigenvalue weighted by Gasteiger charge is 2.10. The van der Waals surface area contributed by atoms with Gasteiger partial charge in [-0.15, -0.1) is 16.4 Å². The fourth-order valence-corrected chi connectivity index (χ4v) is 2.98. The molecule has 4 nitrogen and oxygen atoms in total. The maximum Gasteiger partial charge on any atom is 0.169 e. The number of thiophene rings is 1. The van der Waals surface area contributed by atoms with Crippen molar-refractivity contribution >= 4 is 33.1 Å². The van der Waals surface area contributed by atoms with E-state index in [4.69, 9.17) is 5.73 Å². The van der Waals surface area contributed by atoms with Gasteiger partial charge in [0.1, 0.15) is 0 Å². The molecule has 0 aromatic carbocycles. The van der Waals surface area contributed by atoms with Gasteiger partial charge in [0, 0.05) is 14.7 Å². The zero-order valence-electron chi connectivity index (χ0n) is 8.98. The molecule has 0 aliphatic heterocycles. The van der Waals surface area contributed by atoms with Crippen LogP contribution in [0.15, 0.2) is 15.9 Å². The van der Waals surface area contributed by atoms with Crippen molar-refractivity contribution < 1.29 is 0 Å². The van der Waals surface area contributed by atoms with E-state index < -0.39 is 0 Å². The van der Waals surface area contributed by atoms with Crippen molar-refractivity contribution in [3.8, 4) is 0 Å². The minimum atomic E-state index is 0.553. The molecule has 6 heteroatoms. The van der Waals surface area contributed by atoms with Crippen LogP contribution < -0.4 is 5.73 Å². The normalized spacial score (nSPS) is 10.9. The summed E-state index contributed by atoms with van der Waals surface area (Å²) >= 11 is 5.14. The third-order valence-electron chi connectivity index (χ3n) is 2.28. The number of nitrogens with two attached hydrogens (primary N) is 1. The van der Waals surface area contributed by atoms with E-state index in [2.05, 4.69) is 44.6 Å². The van der Waals surface area contributed by atoms with Crippen molar-refractivity contribution in [3.05, 3.63) is 26.5 Å². The van der Waals surface area contributed by atoms with Crippen LogP contribution in [0.2, 0.25) is 0 Å². The summed E-state index contributed by atoms with van der Waals surface area (Å²) in [5, 5.41) is 10.1. The molecule has 86 valence electrons. The van der Waals surface area contributed by atoms with Gasteiger partial charge >= 0.3 is 0 Å². The molecule has 0 saturated carbocycles. The van der Waals surface area contributed by atoms with Gasteiger partial charge in [-0.2, -0.15) is 0 Å². The Morgan fingerprint density at radius 1 is 1.56 bits per heavy atom. The number of rotatable bonds is 4. The first-order chi connectivity index (χ1) is 7.70. The van der Waals surface area contributed by atoms with Gasteiger partial charge in [0.15, 0.2) is 5.82 Å². The predicted octanol–water partition coefficient (Wildman–Crippen LogP) is 2.69. The zero-order valence-corrected chi connectivity index (χ0v) is 11.4. The zero-order chi connectivity index (χ0) is 11.5. The Hall–Kier alpha value is -0.880. The van der Waals surface area contributed by atoms with Crippen LogP contribution in [0, 0.1) is 0 Å². The first kappa shape index (κ1) is 11.6. The fraction of sp³-hybridized carbons (Fsp3) is 0.400. The van der Waals surface area contributed by atoms with Gasteiger partial charge in [0.2, 0.25) is 0 Å². The summed E-state index contributed by atoms with van der Waals surface area (Å²) < 4.78 is 2.99. The number of nitrogens with zero attached hydrogens (tertiary/aromatic N) is 3. The lowest BCUT2D eigenvalue weighted by Crippen LogP contribution is -2.06. The first-order valence-corrected chi connectivity index (χ1v) is 6.78. The van der Waals surface area contributed by atoms with E-state index in [-0.39, 0.29) is 0 Å². The van der Waals surface area contributed by atoms with Crippen LogP contribution in [-0.4, -0.2) is 15.0 Å². The highest BCUT2D eigenvalue weighted by Crippen LogP contribution is 2.21. The van der Waals surface area contributed by atoms with Gasteiger partial charge in [0.05, 0.1) is 12.2 Å². The van der Waals surface area contributed by atoms with E-state index in [1.54, 1.807) is 11.3 Å². The molecule has 2 N–H and O–H groups in total. The SMILES string of the molecule is CCCc1c(N)nnn1Cc1cc(Br)cs1. The molecule has 0 fully saturated rings. The van der Waals surface area contributed by atoms with E-state index >= 15 is 0 Å². The van der Waals surface area contributed by atoms with Crippen molar-refractivity contribution in [1.29, 1.82) is 0 Å². The predicted molar refractivity (Wildman–Crippen MR) is 69.6 cm³/mol. The van der Waals surface area contributed by atoms with Crippen molar-refractivity contribution in [2.45, 2.75) is 26.3 Å². The molecule has 16 heavy (non-hydrogen) atoms. The molecule has 2 heterocycles. The largest absolute Gasteiger partial charge is 0.381 e. The van der Waals surface area contributed by atoms with Crippen LogP contribution in [0.1, 0.15) is 23.9 Å². The highest BCUT2D eigenvalue weighted by molar-refractivity contribution is 9.10. The quantitative estimate of drug-likeness (QED) is 0.944. The number of aromatic nitrogens is 3. The molecule has 0 saturated heterocycles. The summed E-state index contributed by atoms with van der Waals surface area (Å²) in [5.41, 5.74) is 6.82. The lowest BCUT2D eigenvalue weighted by molar-refractivity contribution is 0.618. The molecule has 0 bridgehead atoms. The molecule has 0 atom stereocenters. The summed E-state index contributed by atoms with van der Waals surface area (Å²) in [6.07, 6.45) is 1.97. The van der Waals surface area contributed by atoms with E-state index in [1.807, 2.05) is 4.68 Å². The molecule has 2 rings (SSSR count). The van der Waals surface area contributed by atoms with Crippen LogP contribution in [-0.2, 0) is 13.0 Å². The Bertz CT molecular complexity index is 477. The standard InChI is InChI=1S/C10H13BrN4S/c1-2-3-9-10(12)13-14-15(9)5-8-4-7(11)6-16-8/h4,6H,2-3,5,12H2,1H3. The third-order valence-corrected chi connectivity index (χ3v) is 3.96. The second-order valence-electron chi connectivity index (χ2n) is 3.56. The van der Waals surface area contributed by atoms with Gasteiger partial charge in [-0.3, -0.25) is 0 Å². The molecule has 2 aromatic heterocycles. The lowest BCUT2D eigenvalue weighted by Gasteiger charge is -2.03. The monoisotopic (exact) mass is 300 g/mol. The smallest absolute Gasteiger partial charge is 0.169 e. The van der Waals surface area contributed by atoms with Gasteiger partial charge in [-0.05, 0) is 28.4 Å². The van der Waals surface area contributed by atoms with Crippen molar-refractivity contribution in [2.24, 2.45) is 0 Å². The van der Waals surface area contributed by atoms with Crippen LogP contribution >= 0.6 is 27.3 Å². The van der Waals surface area contributed by atoms with Crippen LogP contribution in [0.3, 0.4) is 0 Å². The summed E-state index contributed by atoms with van der Waals surface area (Å²) in [5.74, 6) is 0.553. The average Bonchev–Trinajstić information content (AvgIpc) is 2.79. The molecular formula is C10H13BrN4S. The Morgan fingerprint density at radius 2 is 2.38 bits per heavy atom. The van der Waals surface area contributed by atoms with Gasteiger partial charge in [0.25, 0.3) is 0 Å². The molecule has 0 spiro atoms. The first-order valence-electron chi connectivity index (χ1n) is 5.11. The van der Waals surface area contributed by atoms with E-state index in [1.165, 1.54) is 4.88 Å². The molecule has 0 amide bonds. The molecule has 2 aromatic rings. The van der Waals surface area contributed by atoms with Crippen LogP contribution in [0.25, 0.3) is 0 Å². The summed E-state index contributed by atoms with van der Waals surface area (Å²) in [7, 11) is 0. The molecule has 0 radical (unpaired) electrons. The van der Waals surface area contributed by atoms with Gasteiger partial charge < -0.3 is 5.73 Å². The second-order valence-corrected chi connectivity index (χ2v) is 5.47. The maximum absolute atomic E-state index is 5.79. The lowest BCUT2D eigenvalue weighted by atomic mass is 10.2. The minimum absolute atomic E-state index is 0.553. The molecule has 0 unspecified atom stereocenters. The topological polar surface area (TPSA) is 56.7 Å². The Kier molecular flexibility index (Phi) is 3.60. The van der Waals surface area contributed by atoms with Crippen molar-refractivity contribution in [1.82, 2.24) is 15.0 Å².